The van der Waals surface area contributed by atoms with Crippen molar-refractivity contribution < 1.29 is 26.7 Å². The number of hydrogen-bond donors (Lipinski definition) is 2. The van der Waals surface area contributed by atoms with Crippen LogP contribution in [-0.4, -0.2) is 13.5 Å². The van der Waals surface area contributed by atoms with Gasteiger partial charge in [-0.05, 0) is 24.3 Å². The topological polar surface area (TPSA) is 66.4 Å². The van der Waals surface area contributed by atoms with E-state index in [1.165, 1.54) is 30.3 Å². The zero-order valence-electron chi connectivity index (χ0n) is 10.4. The third-order valence-corrected chi connectivity index (χ3v) is 4.05. The molecule has 2 N–H and O–H groups in total. The summed E-state index contributed by atoms with van der Waals surface area (Å²) < 4.78 is 64.7. The fourth-order valence-corrected chi connectivity index (χ4v) is 3.00. The highest BCUT2D eigenvalue weighted by molar-refractivity contribution is 7.92. The molecule has 2 aromatic carbocycles. The Morgan fingerprint density at radius 3 is 2.14 bits per heavy atom. The van der Waals surface area contributed by atoms with Crippen LogP contribution in [-0.2, 0) is 16.2 Å². The first-order valence-corrected chi connectivity index (χ1v) is 7.17. The highest BCUT2D eigenvalue weighted by Gasteiger charge is 2.37. The first kappa shape index (κ1) is 15.2. The fourth-order valence-electron chi connectivity index (χ4n) is 1.69. The molecule has 0 aliphatic heterocycles. The molecule has 0 aliphatic rings. The van der Waals surface area contributed by atoms with Gasteiger partial charge in [0.25, 0.3) is 10.0 Å². The molecular formula is C13H10F3NO3S. The Balaban J connectivity index is 2.49. The van der Waals surface area contributed by atoms with Crippen LogP contribution >= 0.6 is 0 Å². The molecule has 0 spiro atoms. The van der Waals surface area contributed by atoms with E-state index in [4.69, 9.17) is 0 Å². The quantitative estimate of drug-likeness (QED) is 0.854. The Kier molecular flexibility index (Phi) is 3.82. The molecule has 4 nitrogen and oxygen atoms in total. The number of hydrogen-bond acceptors (Lipinski definition) is 3. The Bertz CT molecular complexity index is 757. The van der Waals surface area contributed by atoms with E-state index < -0.39 is 26.7 Å². The van der Waals surface area contributed by atoms with Crippen LogP contribution in [0, 0.1) is 0 Å². The zero-order chi connectivity index (χ0) is 15.7. The van der Waals surface area contributed by atoms with Gasteiger partial charge in [-0.3, -0.25) is 4.72 Å². The van der Waals surface area contributed by atoms with Crippen LogP contribution in [0.3, 0.4) is 0 Å². The molecule has 21 heavy (non-hydrogen) atoms. The Morgan fingerprint density at radius 1 is 0.952 bits per heavy atom. The molecule has 0 atom stereocenters. The molecule has 0 heterocycles. The summed E-state index contributed by atoms with van der Waals surface area (Å²) in [4.78, 5) is -0.902. The van der Waals surface area contributed by atoms with Gasteiger partial charge in [-0.1, -0.05) is 24.3 Å². The molecule has 0 unspecified atom stereocenters. The first-order valence-electron chi connectivity index (χ1n) is 5.69. The van der Waals surface area contributed by atoms with E-state index in [9.17, 15) is 26.7 Å². The summed E-state index contributed by atoms with van der Waals surface area (Å²) in [5.74, 6) is -0.384. The summed E-state index contributed by atoms with van der Waals surface area (Å²) in [7, 11) is -4.48. The standard InChI is InChI=1S/C13H10F3NO3S/c14-13(15,16)9-5-1-4-8-12(9)21(19,20)17-10-6-2-3-7-11(10)18/h1-8,17-18H. The van der Waals surface area contributed by atoms with E-state index in [-0.39, 0.29) is 11.4 Å². The number of phenolic OH excluding ortho intramolecular Hbond substituents is 1. The number of rotatable bonds is 3. The molecule has 8 heteroatoms. The summed E-state index contributed by atoms with van der Waals surface area (Å²) in [6.07, 6.45) is -4.80. The summed E-state index contributed by atoms with van der Waals surface area (Å²) in [6.45, 7) is 0. The maximum Gasteiger partial charge on any atom is 0.417 e. The second-order valence-electron chi connectivity index (χ2n) is 4.12. The molecule has 2 aromatic rings. The Labute approximate surface area is 118 Å². The van der Waals surface area contributed by atoms with Gasteiger partial charge in [0.05, 0.1) is 16.1 Å². The van der Waals surface area contributed by atoms with E-state index >= 15 is 0 Å². The highest BCUT2D eigenvalue weighted by atomic mass is 32.2. The number of benzene rings is 2. The van der Waals surface area contributed by atoms with Crippen molar-refractivity contribution in [1.29, 1.82) is 0 Å². The SMILES string of the molecule is O=S(=O)(Nc1ccccc1O)c1ccccc1C(F)(F)F. The lowest BCUT2D eigenvalue weighted by Crippen LogP contribution is -2.18. The lowest BCUT2D eigenvalue weighted by atomic mass is 10.2. The van der Waals surface area contributed by atoms with Crippen molar-refractivity contribution >= 4 is 15.7 Å². The van der Waals surface area contributed by atoms with Gasteiger partial charge in [0.1, 0.15) is 5.75 Å². The van der Waals surface area contributed by atoms with Gasteiger partial charge in [0.2, 0.25) is 0 Å². The van der Waals surface area contributed by atoms with Crippen LogP contribution in [0.2, 0.25) is 0 Å². The molecular weight excluding hydrogens is 307 g/mol. The van der Waals surface area contributed by atoms with Crippen LogP contribution in [0.4, 0.5) is 18.9 Å². The Morgan fingerprint density at radius 2 is 1.52 bits per heavy atom. The van der Waals surface area contributed by atoms with Crippen LogP contribution in [0.25, 0.3) is 0 Å². The molecule has 0 saturated heterocycles. The van der Waals surface area contributed by atoms with E-state index in [0.717, 1.165) is 12.1 Å². The molecule has 0 saturated carbocycles. The molecule has 112 valence electrons. The predicted octanol–water partition coefficient (Wildman–Crippen LogP) is 3.21. The van der Waals surface area contributed by atoms with E-state index in [0.29, 0.717) is 6.07 Å². The van der Waals surface area contributed by atoms with E-state index in [1.54, 1.807) is 0 Å². The van der Waals surface area contributed by atoms with Crippen molar-refractivity contribution in [2.45, 2.75) is 11.1 Å². The van der Waals surface area contributed by atoms with Crippen molar-refractivity contribution in [1.82, 2.24) is 0 Å². The molecule has 0 fully saturated rings. The van der Waals surface area contributed by atoms with Gasteiger partial charge in [-0.15, -0.1) is 0 Å². The third-order valence-electron chi connectivity index (χ3n) is 2.63. The summed E-state index contributed by atoms with van der Waals surface area (Å²) >= 11 is 0. The Hall–Kier alpha value is -2.22. The number of anilines is 1. The monoisotopic (exact) mass is 317 g/mol. The van der Waals surface area contributed by atoms with E-state index in [1.807, 2.05) is 4.72 Å². The summed E-state index contributed by atoms with van der Waals surface area (Å²) in [5, 5.41) is 9.50. The summed E-state index contributed by atoms with van der Waals surface area (Å²) in [5.41, 5.74) is -1.47. The second-order valence-corrected chi connectivity index (χ2v) is 5.77. The molecule has 0 radical (unpaired) electrons. The maximum absolute atomic E-state index is 12.9. The van der Waals surface area contributed by atoms with Gasteiger partial charge in [-0.2, -0.15) is 13.2 Å². The van der Waals surface area contributed by atoms with Crippen molar-refractivity contribution in [2.75, 3.05) is 4.72 Å². The number of alkyl halides is 3. The van der Waals surface area contributed by atoms with Crippen molar-refractivity contribution in [3.8, 4) is 5.75 Å². The zero-order valence-corrected chi connectivity index (χ0v) is 11.2. The van der Waals surface area contributed by atoms with Gasteiger partial charge in [0, 0.05) is 0 Å². The van der Waals surface area contributed by atoms with Crippen LogP contribution in [0.15, 0.2) is 53.4 Å². The lowest BCUT2D eigenvalue weighted by molar-refractivity contribution is -0.139. The van der Waals surface area contributed by atoms with Gasteiger partial charge in [-0.25, -0.2) is 8.42 Å². The van der Waals surface area contributed by atoms with Crippen molar-refractivity contribution in [3.05, 3.63) is 54.1 Å². The van der Waals surface area contributed by atoms with Crippen molar-refractivity contribution in [2.24, 2.45) is 0 Å². The van der Waals surface area contributed by atoms with E-state index in [2.05, 4.69) is 0 Å². The van der Waals surface area contributed by atoms with Gasteiger partial charge >= 0.3 is 6.18 Å². The largest absolute Gasteiger partial charge is 0.506 e. The van der Waals surface area contributed by atoms with Crippen LogP contribution < -0.4 is 4.72 Å². The number of sulfonamides is 1. The van der Waals surface area contributed by atoms with Gasteiger partial charge in [0.15, 0.2) is 0 Å². The van der Waals surface area contributed by atoms with Gasteiger partial charge < -0.3 is 5.11 Å². The minimum atomic E-state index is -4.80. The normalized spacial score (nSPS) is 12.1. The van der Waals surface area contributed by atoms with Crippen LogP contribution in [0.1, 0.15) is 5.56 Å². The average Bonchev–Trinajstić information content (AvgIpc) is 2.40. The number of phenols is 1. The predicted molar refractivity (Wildman–Crippen MR) is 70.4 cm³/mol. The second kappa shape index (κ2) is 5.28. The number of halogens is 3. The van der Waals surface area contributed by atoms with Crippen LogP contribution in [0.5, 0.6) is 5.75 Å². The van der Waals surface area contributed by atoms with Crippen molar-refractivity contribution in [3.63, 3.8) is 0 Å². The fraction of sp³-hybridized carbons (Fsp3) is 0.0769. The summed E-state index contributed by atoms with van der Waals surface area (Å²) in [6, 6.07) is 9.17. The number of nitrogens with one attached hydrogen (secondary N) is 1. The average molecular weight is 317 g/mol. The molecule has 0 bridgehead atoms. The number of aromatic hydroxyl groups is 1. The molecule has 0 amide bonds. The first-order chi connectivity index (χ1) is 9.72. The molecule has 0 aromatic heterocycles. The smallest absolute Gasteiger partial charge is 0.417 e. The molecule has 2 rings (SSSR count). The highest BCUT2D eigenvalue weighted by Crippen LogP contribution is 2.35. The minimum absolute atomic E-state index is 0.200. The maximum atomic E-state index is 12.9. The minimum Gasteiger partial charge on any atom is -0.506 e. The lowest BCUT2D eigenvalue weighted by Gasteiger charge is -2.14. The number of para-hydroxylation sites is 2. The third kappa shape index (κ3) is 3.27. The molecule has 0 aliphatic carbocycles.